The van der Waals surface area contributed by atoms with Crippen LogP contribution in [0.25, 0.3) is 11.2 Å². The Bertz CT molecular complexity index is 1630. The summed E-state index contributed by atoms with van der Waals surface area (Å²) in [6.45, 7) is 3.90. The lowest BCUT2D eigenvalue weighted by molar-refractivity contribution is 0.171. The predicted octanol–water partition coefficient (Wildman–Crippen LogP) is 2.21. The normalized spacial score (nSPS) is 18.2. The molecule has 4 aromatic rings. The smallest absolute Gasteiger partial charge is 0.281 e. The quantitative estimate of drug-likeness (QED) is 0.422. The highest BCUT2D eigenvalue weighted by Crippen LogP contribution is 2.32. The third kappa shape index (κ3) is 4.46. The van der Waals surface area contributed by atoms with E-state index < -0.39 is 15.6 Å². The van der Waals surface area contributed by atoms with Crippen molar-refractivity contribution in [1.82, 2.24) is 29.3 Å². The molecule has 1 fully saturated rings. The first-order chi connectivity index (χ1) is 17.9. The van der Waals surface area contributed by atoms with Gasteiger partial charge in [-0.2, -0.15) is 4.31 Å². The number of sulfonamides is 1. The zero-order valence-corrected chi connectivity index (χ0v) is 21.1. The van der Waals surface area contributed by atoms with Crippen LogP contribution in [0.1, 0.15) is 35.7 Å². The highest BCUT2D eigenvalue weighted by Gasteiger charge is 2.32. The Hall–Kier alpha value is -3.77. The summed E-state index contributed by atoms with van der Waals surface area (Å²) in [5.74, 6) is 1.53. The van der Waals surface area contributed by atoms with Crippen molar-refractivity contribution in [2.45, 2.75) is 37.1 Å². The van der Waals surface area contributed by atoms with Gasteiger partial charge in [-0.05, 0) is 49.6 Å². The summed E-state index contributed by atoms with van der Waals surface area (Å²) in [5.41, 5.74) is 1.99. The molecule has 2 aromatic carbocycles. The topological polar surface area (TPSA) is 132 Å². The highest BCUT2D eigenvalue weighted by molar-refractivity contribution is 7.89. The fourth-order valence-corrected chi connectivity index (χ4v) is 6.31. The van der Waals surface area contributed by atoms with Crippen LogP contribution in [0.2, 0.25) is 0 Å². The number of aryl methyl sites for hydroxylation is 1. The second-order valence-electron chi connectivity index (χ2n) is 9.36. The summed E-state index contributed by atoms with van der Waals surface area (Å²) < 4.78 is 40.8. The van der Waals surface area contributed by atoms with E-state index in [0.717, 1.165) is 11.1 Å². The molecule has 37 heavy (non-hydrogen) atoms. The monoisotopic (exact) mass is 522 g/mol. The summed E-state index contributed by atoms with van der Waals surface area (Å²) in [4.78, 5) is 20.6. The average Bonchev–Trinajstić information content (AvgIpc) is 3.32. The SMILES string of the molecule is Cc1ccc(S(=O)(=O)N2CCC[C@H](c3nc4c(nnn4Cc4ccc5c(c4)OCCO5)c(=O)[nH]3)C2)cc1. The number of aromatic nitrogens is 5. The first-order valence-electron chi connectivity index (χ1n) is 12.2. The Morgan fingerprint density at radius 1 is 1.08 bits per heavy atom. The van der Waals surface area contributed by atoms with E-state index in [1.165, 1.54) is 4.31 Å². The molecule has 1 atom stereocenters. The Morgan fingerprint density at radius 2 is 1.86 bits per heavy atom. The summed E-state index contributed by atoms with van der Waals surface area (Å²) in [6, 6.07) is 12.5. The number of hydrogen-bond donors (Lipinski definition) is 1. The van der Waals surface area contributed by atoms with Gasteiger partial charge in [-0.1, -0.05) is 29.0 Å². The maximum absolute atomic E-state index is 13.3. The van der Waals surface area contributed by atoms with E-state index in [1.54, 1.807) is 28.9 Å². The van der Waals surface area contributed by atoms with Gasteiger partial charge in [0.25, 0.3) is 5.56 Å². The molecule has 6 rings (SSSR count). The number of aromatic amines is 1. The molecular weight excluding hydrogens is 496 g/mol. The van der Waals surface area contributed by atoms with Crippen LogP contribution in [0, 0.1) is 6.92 Å². The van der Waals surface area contributed by atoms with Gasteiger partial charge in [-0.3, -0.25) is 4.79 Å². The number of hydrogen-bond acceptors (Lipinski definition) is 8. The van der Waals surface area contributed by atoms with Crippen LogP contribution in [0.5, 0.6) is 11.5 Å². The van der Waals surface area contributed by atoms with Gasteiger partial charge in [0.2, 0.25) is 10.0 Å². The van der Waals surface area contributed by atoms with Crippen molar-refractivity contribution >= 4 is 21.2 Å². The zero-order valence-electron chi connectivity index (χ0n) is 20.3. The molecule has 1 N–H and O–H groups in total. The Kier molecular flexibility index (Phi) is 5.92. The van der Waals surface area contributed by atoms with Crippen LogP contribution in [0.3, 0.4) is 0 Å². The van der Waals surface area contributed by atoms with Gasteiger partial charge in [0.15, 0.2) is 22.7 Å². The average molecular weight is 523 g/mol. The molecule has 0 radical (unpaired) electrons. The summed E-state index contributed by atoms with van der Waals surface area (Å²) in [7, 11) is -3.66. The lowest BCUT2D eigenvalue weighted by atomic mass is 9.99. The third-order valence-electron chi connectivity index (χ3n) is 6.76. The lowest BCUT2D eigenvalue weighted by Crippen LogP contribution is -2.39. The molecule has 2 aliphatic rings. The molecule has 1 saturated heterocycles. The maximum Gasteiger partial charge on any atom is 0.281 e. The number of nitrogens with one attached hydrogen (secondary N) is 1. The van der Waals surface area contributed by atoms with Gasteiger partial charge in [-0.15, -0.1) is 5.10 Å². The first kappa shape index (κ1) is 23.6. The van der Waals surface area contributed by atoms with Gasteiger partial charge >= 0.3 is 0 Å². The van der Waals surface area contributed by atoms with Gasteiger partial charge in [0, 0.05) is 19.0 Å². The Morgan fingerprint density at radius 3 is 2.68 bits per heavy atom. The number of H-pyrrole nitrogens is 1. The second-order valence-corrected chi connectivity index (χ2v) is 11.3. The largest absolute Gasteiger partial charge is 0.486 e. The van der Waals surface area contributed by atoms with Gasteiger partial charge in [-0.25, -0.2) is 18.1 Å². The van der Waals surface area contributed by atoms with E-state index >= 15 is 0 Å². The molecular formula is C25H26N6O5S. The fraction of sp³-hybridized carbons (Fsp3) is 0.360. The van der Waals surface area contributed by atoms with Crippen molar-refractivity contribution in [3.05, 3.63) is 69.8 Å². The van der Waals surface area contributed by atoms with Crippen LogP contribution in [-0.4, -0.2) is 64.0 Å². The van der Waals surface area contributed by atoms with E-state index in [-0.39, 0.29) is 22.9 Å². The van der Waals surface area contributed by atoms with Crippen molar-refractivity contribution in [3.8, 4) is 11.5 Å². The predicted molar refractivity (Wildman–Crippen MR) is 134 cm³/mol. The minimum atomic E-state index is -3.66. The standard InChI is InChI=1S/C25H26N6O5S/c1-16-4-7-19(8-5-16)37(33,34)30-10-2-3-18(15-30)23-26-24-22(25(32)27-23)28-29-31(24)14-17-6-9-20-21(13-17)36-12-11-35-20/h4-9,13,18H,2-3,10-12,14-15H2,1H3,(H,26,27,32)/t18-/m0/s1. The molecule has 0 amide bonds. The van der Waals surface area contributed by atoms with Crippen LogP contribution >= 0.6 is 0 Å². The van der Waals surface area contributed by atoms with Crippen LogP contribution < -0.4 is 15.0 Å². The van der Waals surface area contributed by atoms with Crippen molar-refractivity contribution in [1.29, 1.82) is 0 Å². The minimum absolute atomic E-state index is 0.140. The number of nitrogens with zero attached hydrogens (tertiary/aromatic N) is 5. The summed E-state index contributed by atoms with van der Waals surface area (Å²) in [6.07, 6.45) is 1.37. The number of piperidine rings is 1. The second kappa shape index (κ2) is 9.27. The van der Waals surface area contributed by atoms with Crippen molar-refractivity contribution in [2.24, 2.45) is 0 Å². The zero-order chi connectivity index (χ0) is 25.6. The van der Waals surface area contributed by atoms with Gasteiger partial charge < -0.3 is 14.5 Å². The maximum atomic E-state index is 13.3. The number of benzene rings is 2. The molecule has 4 heterocycles. The van der Waals surface area contributed by atoms with Gasteiger partial charge in [0.1, 0.15) is 19.0 Å². The van der Waals surface area contributed by atoms with E-state index in [0.29, 0.717) is 62.1 Å². The van der Waals surface area contributed by atoms with E-state index in [1.807, 2.05) is 25.1 Å². The molecule has 0 spiro atoms. The molecule has 11 nitrogen and oxygen atoms in total. The number of rotatable bonds is 5. The first-order valence-corrected chi connectivity index (χ1v) is 13.6. The van der Waals surface area contributed by atoms with E-state index in [9.17, 15) is 13.2 Å². The van der Waals surface area contributed by atoms with Crippen LogP contribution in [0.4, 0.5) is 0 Å². The Labute approximate surface area is 213 Å². The molecule has 12 heteroatoms. The molecule has 192 valence electrons. The van der Waals surface area contributed by atoms with Crippen LogP contribution in [-0.2, 0) is 16.6 Å². The molecule has 2 aliphatic heterocycles. The van der Waals surface area contributed by atoms with Crippen molar-refractivity contribution in [2.75, 3.05) is 26.3 Å². The molecule has 0 unspecified atom stereocenters. The summed E-state index contributed by atoms with van der Waals surface area (Å²) in [5, 5.41) is 8.19. The van der Waals surface area contributed by atoms with Crippen LogP contribution in [0.15, 0.2) is 52.2 Å². The fourth-order valence-electron chi connectivity index (χ4n) is 4.79. The molecule has 0 bridgehead atoms. The minimum Gasteiger partial charge on any atom is -0.486 e. The van der Waals surface area contributed by atoms with Crippen molar-refractivity contribution in [3.63, 3.8) is 0 Å². The lowest BCUT2D eigenvalue weighted by Gasteiger charge is -2.31. The molecule has 0 saturated carbocycles. The van der Waals surface area contributed by atoms with E-state index in [4.69, 9.17) is 14.5 Å². The third-order valence-corrected chi connectivity index (χ3v) is 8.64. The molecule has 2 aromatic heterocycles. The highest BCUT2D eigenvalue weighted by atomic mass is 32.2. The number of ether oxygens (including phenoxy) is 2. The van der Waals surface area contributed by atoms with E-state index in [2.05, 4.69) is 15.3 Å². The number of fused-ring (bicyclic) bond motifs is 2. The molecule has 0 aliphatic carbocycles. The van der Waals surface area contributed by atoms with Gasteiger partial charge in [0.05, 0.1) is 11.4 Å². The Balaban J connectivity index is 1.29. The summed E-state index contributed by atoms with van der Waals surface area (Å²) >= 11 is 0. The van der Waals surface area contributed by atoms with Crippen molar-refractivity contribution < 1.29 is 17.9 Å².